The first-order valence-electron chi connectivity index (χ1n) is 7.78. The molecule has 0 atom stereocenters. The minimum absolute atomic E-state index is 0.244. The Labute approximate surface area is 136 Å². The lowest BCUT2D eigenvalue weighted by molar-refractivity contribution is -0.124. The van der Waals surface area contributed by atoms with Gasteiger partial charge in [0.15, 0.2) is 6.61 Å². The number of carbonyl (C=O) groups is 2. The number of carbonyl (C=O) groups excluding carboxylic acids is 2. The fraction of sp³-hybridized carbons (Fsp3) is 0.263. The van der Waals surface area contributed by atoms with Gasteiger partial charge in [0.2, 0.25) is 0 Å². The first kappa shape index (κ1) is 16.7. The Balaban J connectivity index is 1.56. The van der Waals surface area contributed by atoms with E-state index in [1.807, 2.05) is 24.3 Å². The Bertz CT molecular complexity index is 611. The molecular weight excluding hydrogens is 290 g/mol. The Hall–Kier alpha value is -2.62. The van der Waals surface area contributed by atoms with Gasteiger partial charge >= 0.3 is 5.97 Å². The van der Waals surface area contributed by atoms with Gasteiger partial charge in [0.05, 0.1) is 5.56 Å². The van der Waals surface area contributed by atoms with Crippen LogP contribution in [-0.2, 0) is 16.0 Å². The van der Waals surface area contributed by atoms with Crippen LogP contribution >= 0.6 is 0 Å². The standard InChI is InChI=1S/C19H21NO3/c21-18(15-23-19(22)17-12-5-2-6-13-17)20-14-8-7-11-16-9-3-1-4-10-16/h1-6,9-10,12-13H,7-8,11,14-15H2,(H,20,21). The molecule has 4 nitrogen and oxygen atoms in total. The Morgan fingerprint density at radius 2 is 1.52 bits per heavy atom. The van der Waals surface area contributed by atoms with Crippen molar-refractivity contribution in [1.82, 2.24) is 5.32 Å². The Morgan fingerprint density at radius 1 is 0.870 bits per heavy atom. The number of aryl methyl sites for hydroxylation is 1. The lowest BCUT2D eigenvalue weighted by Gasteiger charge is -2.07. The van der Waals surface area contributed by atoms with E-state index in [0.717, 1.165) is 19.3 Å². The van der Waals surface area contributed by atoms with Gasteiger partial charge in [-0.3, -0.25) is 4.79 Å². The van der Waals surface area contributed by atoms with Gasteiger partial charge in [-0.2, -0.15) is 0 Å². The summed E-state index contributed by atoms with van der Waals surface area (Å²) in [6, 6.07) is 18.9. The number of hydrogen-bond donors (Lipinski definition) is 1. The average molecular weight is 311 g/mol. The molecule has 23 heavy (non-hydrogen) atoms. The lowest BCUT2D eigenvalue weighted by Crippen LogP contribution is -2.29. The van der Waals surface area contributed by atoms with E-state index in [1.165, 1.54) is 5.56 Å². The van der Waals surface area contributed by atoms with Gasteiger partial charge in [0, 0.05) is 6.54 Å². The van der Waals surface area contributed by atoms with Crippen molar-refractivity contribution in [2.24, 2.45) is 0 Å². The topological polar surface area (TPSA) is 55.4 Å². The zero-order valence-electron chi connectivity index (χ0n) is 13.0. The number of esters is 1. The summed E-state index contributed by atoms with van der Waals surface area (Å²) >= 11 is 0. The minimum atomic E-state index is -0.482. The summed E-state index contributed by atoms with van der Waals surface area (Å²) in [4.78, 5) is 23.3. The number of ether oxygens (including phenoxy) is 1. The van der Waals surface area contributed by atoms with E-state index in [9.17, 15) is 9.59 Å². The largest absolute Gasteiger partial charge is 0.452 e. The lowest BCUT2D eigenvalue weighted by atomic mass is 10.1. The molecule has 0 aliphatic carbocycles. The quantitative estimate of drug-likeness (QED) is 0.602. The highest BCUT2D eigenvalue weighted by atomic mass is 16.5. The summed E-state index contributed by atoms with van der Waals surface area (Å²) in [6.07, 6.45) is 2.90. The minimum Gasteiger partial charge on any atom is -0.452 e. The van der Waals surface area contributed by atoms with E-state index in [2.05, 4.69) is 17.4 Å². The predicted octanol–water partition coefficient (Wildman–Crippen LogP) is 2.98. The van der Waals surface area contributed by atoms with Crippen LogP contribution < -0.4 is 5.32 Å². The molecule has 0 spiro atoms. The molecule has 4 heteroatoms. The second kappa shape index (κ2) is 9.41. The maximum atomic E-state index is 11.7. The number of amides is 1. The van der Waals surface area contributed by atoms with Crippen LogP contribution in [0.1, 0.15) is 28.8 Å². The summed E-state index contributed by atoms with van der Waals surface area (Å²) in [7, 11) is 0. The molecule has 0 aliphatic rings. The molecule has 0 aromatic heterocycles. The SMILES string of the molecule is O=C(COC(=O)c1ccccc1)NCCCCc1ccccc1. The summed E-state index contributed by atoms with van der Waals surface area (Å²) in [5, 5.41) is 2.76. The van der Waals surface area contributed by atoms with Crippen molar-refractivity contribution < 1.29 is 14.3 Å². The second-order valence-electron chi connectivity index (χ2n) is 5.23. The van der Waals surface area contributed by atoms with Crippen molar-refractivity contribution in [3.63, 3.8) is 0 Å². The Kier molecular flexibility index (Phi) is 6.85. The van der Waals surface area contributed by atoms with Crippen molar-refractivity contribution >= 4 is 11.9 Å². The van der Waals surface area contributed by atoms with E-state index >= 15 is 0 Å². The summed E-state index contributed by atoms with van der Waals surface area (Å²) in [5.74, 6) is -0.751. The van der Waals surface area contributed by atoms with Crippen molar-refractivity contribution in [1.29, 1.82) is 0 Å². The zero-order valence-corrected chi connectivity index (χ0v) is 13.0. The van der Waals surface area contributed by atoms with Gasteiger partial charge in [-0.25, -0.2) is 4.79 Å². The molecule has 1 N–H and O–H groups in total. The monoisotopic (exact) mass is 311 g/mol. The van der Waals surface area contributed by atoms with Gasteiger partial charge in [-0.05, 0) is 37.0 Å². The third-order valence-electron chi connectivity index (χ3n) is 3.40. The van der Waals surface area contributed by atoms with E-state index in [-0.39, 0.29) is 12.5 Å². The van der Waals surface area contributed by atoms with Crippen LogP contribution in [0.25, 0.3) is 0 Å². The molecule has 1 amide bonds. The first-order chi connectivity index (χ1) is 11.3. The van der Waals surface area contributed by atoms with Crippen molar-refractivity contribution in [2.45, 2.75) is 19.3 Å². The summed E-state index contributed by atoms with van der Waals surface area (Å²) in [5.41, 5.74) is 1.75. The maximum Gasteiger partial charge on any atom is 0.338 e. The molecular formula is C19H21NO3. The predicted molar refractivity (Wildman–Crippen MR) is 89.1 cm³/mol. The van der Waals surface area contributed by atoms with Gasteiger partial charge in [-0.15, -0.1) is 0 Å². The number of nitrogens with one attached hydrogen (secondary N) is 1. The molecule has 0 radical (unpaired) electrons. The third-order valence-corrected chi connectivity index (χ3v) is 3.40. The van der Waals surface area contributed by atoms with E-state index in [0.29, 0.717) is 12.1 Å². The van der Waals surface area contributed by atoms with Gasteiger partial charge in [0.25, 0.3) is 5.91 Å². The molecule has 2 aromatic rings. The molecule has 0 saturated heterocycles. The van der Waals surface area contributed by atoms with Gasteiger partial charge < -0.3 is 10.1 Å². The molecule has 0 heterocycles. The van der Waals surface area contributed by atoms with Crippen LogP contribution in [0.15, 0.2) is 60.7 Å². The fourth-order valence-electron chi connectivity index (χ4n) is 2.17. The van der Waals surface area contributed by atoms with Crippen molar-refractivity contribution in [2.75, 3.05) is 13.2 Å². The molecule has 0 bridgehead atoms. The highest BCUT2D eigenvalue weighted by molar-refractivity contribution is 5.91. The number of unbranched alkanes of at least 4 members (excludes halogenated alkanes) is 1. The maximum absolute atomic E-state index is 11.7. The van der Waals surface area contributed by atoms with Crippen LogP contribution in [0, 0.1) is 0 Å². The highest BCUT2D eigenvalue weighted by Gasteiger charge is 2.08. The summed E-state index contributed by atoms with van der Waals surface area (Å²) in [6.45, 7) is 0.348. The molecule has 2 rings (SSSR count). The zero-order chi connectivity index (χ0) is 16.3. The molecule has 120 valence electrons. The molecule has 0 aliphatic heterocycles. The third kappa shape index (κ3) is 6.34. The van der Waals surface area contributed by atoms with Crippen LogP contribution in [0.3, 0.4) is 0 Å². The van der Waals surface area contributed by atoms with Crippen molar-refractivity contribution in [3.05, 3.63) is 71.8 Å². The van der Waals surface area contributed by atoms with Crippen LogP contribution in [-0.4, -0.2) is 25.0 Å². The van der Waals surface area contributed by atoms with Crippen LogP contribution in [0.5, 0.6) is 0 Å². The smallest absolute Gasteiger partial charge is 0.338 e. The Morgan fingerprint density at radius 3 is 2.22 bits per heavy atom. The van der Waals surface area contributed by atoms with Crippen LogP contribution in [0.4, 0.5) is 0 Å². The normalized spacial score (nSPS) is 10.1. The van der Waals surface area contributed by atoms with Gasteiger partial charge in [-0.1, -0.05) is 48.5 Å². The molecule has 0 fully saturated rings. The van der Waals surface area contributed by atoms with Crippen LogP contribution in [0.2, 0.25) is 0 Å². The first-order valence-corrected chi connectivity index (χ1v) is 7.78. The van der Waals surface area contributed by atoms with E-state index < -0.39 is 5.97 Å². The van der Waals surface area contributed by atoms with E-state index in [4.69, 9.17) is 4.74 Å². The highest BCUT2D eigenvalue weighted by Crippen LogP contribution is 2.04. The molecule has 0 saturated carbocycles. The summed E-state index contributed by atoms with van der Waals surface area (Å²) < 4.78 is 4.97. The second-order valence-corrected chi connectivity index (χ2v) is 5.23. The van der Waals surface area contributed by atoms with Crippen molar-refractivity contribution in [3.8, 4) is 0 Å². The van der Waals surface area contributed by atoms with Gasteiger partial charge in [0.1, 0.15) is 0 Å². The average Bonchev–Trinajstić information content (AvgIpc) is 2.61. The van der Waals surface area contributed by atoms with E-state index in [1.54, 1.807) is 24.3 Å². The molecule has 0 unspecified atom stereocenters. The fourth-order valence-corrected chi connectivity index (χ4v) is 2.17. The number of hydrogen-bond acceptors (Lipinski definition) is 3. The number of rotatable bonds is 8. The number of benzene rings is 2. The molecule has 2 aromatic carbocycles.